The van der Waals surface area contributed by atoms with Crippen LogP contribution in [0.25, 0.3) is 10.9 Å². The van der Waals surface area contributed by atoms with Gasteiger partial charge in [-0.3, -0.25) is 9.36 Å². The van der Waals surface area contributed by atoms with Gasteiger partial charge in [-0.05, 0) is 31.0 Å². The molecule has 3 aromatic rings. The maximum Gasteiger partial charge on any atom is 0.340 e. The summed E-state index contributed by atoms with van der Waals surface area (Å²) in [6.07, 6.45) is 1.63. The Morgan fingerprint density at radius 1 is 1.08 bits per heavy atom. The van der Waals surface area contributed by atoms with Crippen LogP contribution in [0.15, 0.2) is 54.7 Å². The fraction of sp³-hybridized carbons (Fsp3) is 0.238. The molecule has 0 aliphatic heterocycles. The Labute approximate surface area is 152 Å². The number of rotatable bonds is 5. The first kappa shape index (κ1) is 17.7. The average molecular weight is 351 g/mol. The Hall–Kier alpha value is -3.08. The smallest absolute Gasteiger partial charge is 0.340 e. The summed E-state index contributed by atoms with van der Waals surface area (Å²) in [6, 6.07) is 14.9. The predicted octanol–water partition coefficient (Wildman–Crippen LogP) is 4.10. The van der Waals surface area contributed by atoms with E-state index in [-0.39, 0.29) is 5.91 Å². The second-order valence-electron chi connectivity index (χ2n) is 5.98. The highest BCUT2D eigenvalue weighted by Crippen LogP contribution is 2.24. The lowest BCUT2D eigenvalue weighted by Gasteiger charge is -2.17. The fourth-order valence-electron chi connectivity index (χ4n) is 2.98. The van der Waals surface area contributed by atoms with Crippen LogP contribution in [0.4, 0.5) is 0 Å². The maximum atomic E-state index is 13.0. The molecular formula is C21H21NO4. The van der Waals surface area contributed by atoms with Gasteiger partial charge in [0.05, 0.1) is 18.2 Å². The third kappa shape index (κ3) is 3.20. The molecule has 26 heavy (non-hydrogen) atoms. The molecule has 2 aromatic carbocycles. The number of fused-ring (bicyclic) bond motifs is 1. The second-order valence-corrected chi connectivity index (χ2v) is 5.98. The number of aromatic nitrogens is 1. The number of hydrogen-bond acceptors (Lipinski definition) is 4. The van der Waals surface area contributed by atoms with Gasteiger partial charge in [0, 0.05) is 11.6 Å². The standard InChI is InChI=1S/C21H21NO4/c1-4-15-9-5-8-12-19(15)26-14(2)20(23)22-13-17(21(24)25-3)16-10-6-7-11-18(16)22/h5-14H,4H2,1-3H3. The Kier molecular flexibility index (Phi) is 5.07. The van der Waals surface area contributed by atoms with Gasteiger partial charge in [0.25, 0.3) is 5.91 Å². The zero-order valence-corrected chi connectivity index (χ0v) is 15.1. The summed E-state index contributed by atoms with van der Waals surface area (Å²) in [6.45, 7) is 3.75. The van der Waals surface area contributed by atoms with Crippen LogP contribution in [0.1, 0.15) is 34.6 Å². The Morgan fingerprint density at radius 2 is 1.77 bits per heavy atom. The van der Waals surface area contributed by atoms with Crippen molar-refractivity contribution < 1.29 is 19.1 Å². The Balaban J connectivity index is 1.96. The van der Waals surface area contributed by atoms with Crippen LogP contribution in [0.5, 0.6) is 5.75 Å². The van der Waals surface area contributed by atoms with Gasteiger partial charge in [0.2, 0.25) is 0 Å². The summed E-state index contributed by atoms with van der Waals surface area (Å²) in [5.41, 5.74) is 2.05. The predicted molar refractivity (Wildman–Crippen MR) is 99.8 cm³/mol. The van der Waals surface area contributed by atoms with E-state index in [4.69, 9.17) is 9.47 Å². The van der Waals surface area contributed by atoms with Crippen molar-refractivity contribution in [2.24, 2.45) is 0 Å². The molecule has 5 heteroatoms. The molecule has 1 unspecified atom stereocenters. The van der Waals surface area contributed by atoms with Crippen LogP contribution in [-0.2, 0) is 11.2 Å². The molecule has 1 heterocycles. The summed E-state index contributed by atoms with van der Waals surface area (Å²) in [4.78, 5) is 25.0. The first-order chi connectivity index (χ1) is 12.6. The topological polar surface area (TPSA) is 57.5 Å². The van der Waals surface area contributed by atoms with E-state index in [0.29, 0.717) is 22.2 Å². The van der Waals surface area contributed by atoms with Crippen LogP contribution in [-0.4, -0.2) is 29.7 Å². The number of carbonyl (C=O) groups is 2. The van der Waals surface area contributed by atoms with E-state index >= 15 is 0 Å². The van der Waals surface area contributed by atoms with Gasteiger partial charge in [0.1, 0.15) is 5.75 Å². The minimum absolute atomic E-state index is 0.248. The summed E-state index contributed by atoms with van der Waals surface area (Å²) in [5.74, 6) is -0.0274. The van der Waals surface area contributed by atoms with Crippen molar-refractivity contribution in [3.63, 3.8) is 0 Å². The molecule has 0 saturated carbocycles. The molecule has 3 rings (SSSR count). The number of aryl methyl sites for hydroxylation is 1. The van der Waals surface area contributed by atoms with Crippen molar-refractivity contribution in [3.8, 4) is 5.75 Å². The average Bonchev–Trinajstić information content (AvgIpc) is 3.06. The Bertz CT molecular complexity index is 958. The van der Waals surface area contributed by atoms with Crippen molar-refractivity contribution in [1.29, 1.82) is 0 Å². The lowest BCUT2D eigenvalue weighted by Crippen LogP contribution is -2.29. The van der Waals surface area contributed by atoms with Crippen molar-refractivity contribution in [2.75, 3.05) is 7.11 Å². The molecule has 5 nitrogen and oxygen atoms in total. The molecule has 1 aromatic heterocycles. The molecular weight excluding hydrogens is 330 g/mol. The van der Waals surface area contributed by atoms with Crippen molar-refractivity contribution in [3.05, 3.63) is 65.9 Å². The third-order valence-electron chi connectivity index (χ3n) is 4.36. The first-order valence-corrected chi connectivity index (χ1v) is 8.54. The second kappa shape index (κ2) is 7.44. The van der Waals surface area contributed by atoms with Gasteiger partial charge in [-0.1, -0.05) is 43.3 Å². The molecule has 0 saturated heterocycles. The van der Waals surface area contributed by atoms with Gasteiger partial charge in [0.15, 0.2) is 6.10 Å². The van der Waals surface area contributed by atoms with Gasteiger partial charge in [-0.2, -0.15) is 0 Å². The molecule has 0 bridgehead atoms. The van der Waals surface area contributed by atoms with Gasteiger partial charge in [-0.25, -0.2) is 4.79 Å². The van der Waals surface area contributed by atoms with Crippen molar-refractivity contribution in [1.82, 2.24) is 4.57 Å². The number of nitrogens with zero attached hydrogens (tertiary/aromatic N) is 1. The molecule has 0 N–H and O–H groups in total. The van der Waals surface area contributed by atoms with E-state index in [1.807, 2.05) is 43.3 Å². The number of carbonyl (C=O) groups excluding carboxylic acids is 2. The fourth-order valence-corrected chi connectivity index (χ4v) is 2.98. The zero-order chi connectivity index (χ0) is 18.7. The molecule has 0 aliphatic rings. The molecule has 0 fully saturated rings. The number of benzene rings is 2. The first-order valence-electron chi connectivity index (χ1n) is 8.54. The minimum atomic E-state index is -0.705. The van der Waals surface area contributed by atoms with Crippen molar-refractivity contribution in [2.45, 2.75) is 26.4 Å². The highest BCUT2D eigenvalue weighted by atomic mass is 16.5. The summed E-state index contributed by atoms with van der Waals surface area (Å²) >= 11 is 0. The van der Waals surface area contributed by atoms with Crippen molar-refractivity contribution >= 4 is 22.8 Å². The number of para-hydroxylation sites is 2. The molecule has 0 spiro atoms. The molecule has 134 valence electrons. The van der Waals surface area contributed by atoms with Gasteiger partial charge >= 0.3 is 5.97 Å². The lowest BCUT2D eigenvalue weighted by molar-refractivity contribution is 0.0602. The van der Waals surface area contributed by atoms with E-state index in [2.05, 4.69) is 0 Å². The SMILES string of the molecule is CCc1ccccc1OC(C)C(=O)n1cc(C(=O)OC)c2ccccc21. The van der Waals surface area contributed by atoms with Crippen LogP contribution in [0.3, 0.4) is 0 Å². The summed E-state index contributed by atoms with van der Waals surface area (Å²) in [7, 11) is 1.32. The molecule has 0 aliphatic carbocycles. The third-order valence-corrected chi connectivity index (χ3v) is 4.36. The minimum Gasteiger partial charge on any atom is -0.481 e. The van der Waals surface area contributed by atoms with E-state index < -0.39 is 12.1 Å². The van der Waals surface area contributed by atoms with Crippen LogP contribution < -0.4 is 4.74 Å². The highest BCUT2D eigenvalue weighted by molar-refractivity contribution is 6.07. The number of hydrogen-bond donors (Lipinski definition) is 0. The highest BCUT2D eigenvalue weighted by Gasteiger charge is 2.23. The molecule has 1 atom stereocenters. The largest absolute Gasteiger partial charge is 0.481 e. The monoisotopic (exact) mass is 351 g/mol. The van der Waals surface area contributed by atoms with E-state index in [1.54, 1.807) is 19.1 Å². The lowest BCUT2D eigenvalue weighted by atomic mass is 10.1. The number of methoxy groups -OCH3 is 1. The summed E-state index contributed by atoms with van der Waals surface area (Å²) in [5, 5.41) is 0.675. The summed E-state index contributed by atoms with van der Waals surface area (Å²) < 4.78 is 12.2. The number of ether oxygens (including phenoxy) is 2. The van der Waals surface area contributed by atoms with Gasteiger partial charge in [-0.15, -0.1) is 0 Å². The quantitative estimate of drug-likeness (QED) is 0.650. The normalized spacial score (nSPS) is 12.0. The van der Waals surface area contributed by atoms with Crippen LogP contribution in [0, 0.1) is 0 Å². The van der Waals surface area contributed by atoms with Crippen LogP contribution >= 0.6 is 0 Å². The van der Waals surface area contributed by atoms with E-state index in [1.165, 1.54) is 17.9 Å². The van der Waals surface area contributed by atoms with Gasteiger partial charge < -0.3 is 9.47 Å². The Morgan fingerprint density at radius 3 is 2.50 bits per heavy atom. The maximum absolute atomic E-state index is 13.0. The molecule has 0 amide bonds. The zero-order valence-electron chi connectivity index (χ0n) is 15.1. The molecule has 0 radical (unpaired) electrons. The van der Waals surface area contributed by atoms with Crippen LogP contribution in [0.2, 0.25) is 0 Å². The number of esters is 1. The van der Waals surface area contributed by atoms with E-state index in [9.17, 15) is 9.59 Å². The van der Waals surface area contributed by atoms with E-state index in [0.717, 1.165) is 12.0 Å².